The molecule has 4 rings (SSSR count). The zero-order chi connectivity index (χ0) is 20.4. The quantitative estimate of drug-likeness (QED) is 0.671. The van der Waals surface area contributed by atoms with Crippen LogP contribution in [0.15, 0.2) is 64.9 Å². The molecule has 0 unspecified atom stereocenters. The van der Waals surface area contributed by atoms with Crippen molar-refractivity contribution in [2.24, 2.45) is 0 Å². The number of thiophene rings is 1. The monoisotopic (exact) mass is 428 g/mol. The van der Waals surface area contributed by atoms with E-state index in [9.17, 15) is 13.2 Å². The number of carbonyl (C=O) groups is 1. The molecule has 0 aliphatic carbocycles. The van der Waals surface area contributed by atoms with Crippen molar-refractivity contribution in [1.29, 1.82) is 0 Å². The third-order valence-corrected chi connectivity index (χ3v) is 7.26. The van der Waals surface area contributed by atoms with Gasteiger partial charge in [0, 0.05) is 23.5 Å². The summed E-state index contributed by atoms with van der Waals surface area (Å²) in [6.45, 7) is 1.26. The fourth-order valence-electron chi connectivity index (χ4n) is 3.31. The summed E-state index contributed by atoms with van der Waals surface area (Å²) in [7, 11) is -2.32. The Bertz CT molecular complexity index is 1140. The average molecular weight is 429 g/mol. The smallest absolute Gasteiger partial charge is 0.262 e. The molecule has 0 fully saturated rings. The van der Waals surface area contributed by atoms with Gasteiger partial charge in [-0.05, 0) is 59.8 Å². The van der Waals surface area contributed by atoms with Gasteiger partial charge in [0.25, 0.3) is 15.9 Å². The summed E-state index contributed by atoms with van der Waals surface area (Å²) >= 11 is 1.72. The Labute approximate surface area is 173 Å². The van der Waals surface area contributed by atoms with Gasteiger partial charge in [-0.2, -0.15) is 0 Å². The van der Waals surface area contributed by atoms with Crippen molar-refractivity contribution in [2.45, 2.75) is 17.9 Å². The molecule has 3 aromatic rings. The molecule has 2 heterocycles. The van der Waals surface area contributed by atoms with Gasteiger partial charge in [0.15, 0.2) is 0 Å². The van der Waals surface area contributed by atoms with Crippen LogP contribution in [0.4, 0.5) is 5.69 Å². The lowest BCUT2D eigenvalue weighted by Gasteiger charge is -2.27. The number of benzene rings is 2. The molecule has 29 heavy (non-hydrogen) atoms. The fraction of sp³-hybridized carbons (Fsp3) is 0.190. The van der Waals surface area contributed by atoms with Gasteiger partial charge in [0.1, 0.15) is 5.75 Å². The van der Waals surface area contributed by atoms with Crippen LogP contribution in [0, 0.1) is 0 Å². The maximum atomic E-state index is 12.8. The lowest BCUT2D eigenvalue weighted by Crippen LogP contribution is -2.35. The molecular weight excluding hydrogens is 408 g/mol. The van der Waals surface area contributed by atoms with Crippen LogP contribution in [0.5, 0.6) is 5.75 Å². The topological polar surface area (TPSA) is 75.7 Å². The number of nitrogens with one attached hydrogen (secondary N) is 1. The number of nitrogens with zero attached hydrogens (tertiary/aromatic N) is 1. The van der Waals surface area contributed by atoms with Crippen molar-refractivity contribution in [2.75, 3.05) is 18.4 Å². The highest BCUT2D eigenvalue weighted by Gasteiger charge is 2.23. The van der Waals surface area contributed by atoms with Crippen LogP contribution in [-0.2, 0) is 23.0 Å². The van der Waals surface area contributed by atoms with Crippen molar-refractivity contribution in [3.8, 4) is 5.75 Å². The number of methoxy groups -OCH3 is 1. The molecule has 1 aromatic heterocycles. The van der Waals surface area contributed by atoms with Crippen molar-refractivity contribution < 1.29 is 17.9 Å². The largest absolute Gasteiger partial charge is 0.495 e. The first-order chi connectivity index (χ1) is 14.0. The van der Waals surface area contributed by atoms with Gasteiger partial charge in [0.2, 0.25) is 0 Å². The first kappa shape index (κ1) is 19.5. The van der Waals surface area contributed by atoms with E-state index in [0.29, 0.717) is 30.1 Å². The van der Waals surface area contributed by atoms with Crippen molar-refractivity contribution in [3.63, 3.8) is 0 Å². The Hall–Kier alpha value is -2.84. The fourth-order valence-corrected chi connectivity index (χ4v) is 5.27. The highest BCUT2D eigenvalue weighted by atomic mass is 32.2. The first-order valence-corrected chi connectivity index (χ1v) is 11.4. The summed E-state index contributed by atoms with van der Waals surface area (Å²) in [4.78, 5) is 16.0. The van der Waals surface area contributed by atoms with Crippen LogP contribution in [0.3, 0.4) is 0 Å². The van der Waals surface area contributed by atoms with Gasteiger partial charge < -0.3 is 9.64 Å². The summed E-state index contributed by atoms with van der Waals surface area (Å²) in [5.41, 5.74) is 2.02. The van der Waals surface area contributed by atoms with E-state index >= 15 is 0 Å². The predicted octanol–water partition coefficient (Wildman–Crippen LogP) is 3.76. The molecule has 150 valence electrons. The molecule has 1 N–H and O–H groups in total. The molecule has 2 aromatic carbocycles. The second-order valence-electron chi connectivity index (χ2n) is 6.68. The first-order valence-electron chi connectivity index (χ1n) is 9.08. The number of carbonyl (C=O) groups excluding carboxylic acids is 1. The number of hydrogen-bond acceptors (Lipinski definition) is 5. The zero-order valence-corrected chi connectivity index (χ0v) is 17.4. The number of fused-ring (bicyclic) bond motifs is 1. The molecule has 0 bridgehead atoms. The Morgan fingerprint density at radius 1 is 1.10 bits per heavy atom. The van der Waals surface area contributed by atoms with E-state index in [-0.39, 0.29) is 10.8 Å². The van der Waals surface area contributed by atoms with Gasteiger partial charge >= 0.3 is 0 Å². The van der Waals surface area contributed by atoms with E-state index in [0.717, 1.165) is 6.42 Å². The van der Waals surface area contributed by atoms with Gasteiger partial charge in [-0.15, -0.1) is 11.3 Å². The number of para-hydroxylation sites is 2. The molecule has 0 saturated heterocycles. The molecule has 6 nitrogen and oxygen atoms in total. The zero-order valence-electron chi connectivity index (χ0n) is 15.8. The maximum absolute atomic E-state index is 12.8. The minimum Gasteiger partial charge on any atom is -0.495 e. The highest BCUT2D eigenvalue weighted by Crippen LogP contribution is 2.27. The van der Waals surface area contributed by atoms with Crippen LogP contribution >= 0.6 is 11.3 Å². The Balaban J connectivity index is 1.50. The van der Waals surface area contributed by atoms with E-state index in [2.05, 4.69) is 10.8 Å². The van der Waals surface area contributed by atoms with Crippen LogP contribution in [0.2, 0.25) is 0 Å². The lowest BCUT2D eigenvalue weighted by molar-refractivity contribution is 0.0736. The second kappa shape index (κ2) is 7.88. The number of sulfonamides is 1. The average Bonchev–Trinajstić information content (AvgIpc) is 3.21. The molecular formula is C21H20N2O4S2. The minimum absolute atomic E-state index is 0.0821. The lowest BCUT2D eigenvalue weighted by atomic mass is 10.1. The Morgan fingerprint density at radius 3 is 2.62 bits per heavy atom. The molecule has 1 amide bonds. The van der Waals surface area contributed by atoms with E-state index in [1.807, 2.05) is 5.38 Å². The van der Waals surface area contributed by atoms with E-state index in [1.165, 1.54) is 29.7 Å². The van der Waals surface area contributed by atoms with Crippen LogP contribution in [-0.4, -0.2) is 32.9 Å². The van der Waals surface area contributed by atoms with E-state index in [4.69, 9.17) is 4.74 Å². The highest BCUT2D eigenvalue weighted by molar-refractivity contribution is 7.92. The van der Waals surface area contributed by atoms with Gasteiger partial charge in [-0.3, -0.25) is 9.52 Å². The predicted molar refractivity (Wildman–Crippen MR) is 113 cm³/mol. The normalized spacial score (nSPS) is 13.6. The summed E-state index contributed by atoms with van der Waals surface area (Å²) < 4.78 is 33.1. The number of amides is 1. The van der Waals surface area contributed by atoms with E-state index in [1.54, 1.807) is 52.6 Å². The van der Waals surface area contributed by atoms with Gasteiger partial charge in [-0.1, -0.05) is 12.1 Å². The van der Waals surface area contributed by atoms with Crippen LogP contribution in [0.25, 0.3) is 0 Å². The minimum atomic E-state index is -3.80. The summed E-state index contributed by atoms with van der Waals surface area (Å²) in [5.74, 6) is 0.337. The second-order valence-corrected chi connectivity index (χ2v) is 9.36. The summed E-state index contributed by atoms with van der Waals surface area (Å²) in [6.07, 6.45) is 0.855. The maximum Gasteiger partial charge on any atom is 0.262 e. The number of rotatable bonds is 5. The van der Waals surface area contributed by atoms with Gasteiger partial charge in [0.05, 0.1) is 17.7 Å². The Morgan fingerprint density at radius 2 is 1.86 bits per heavy atom. The standard InChI is InChI=1S/C21H20N2O4S2/c1-27-19-5-3-2-4-18(19)22-29(25,26)17-8-6-15(7-9-17)21(24)23-12-10-20-16(14-23)11-13-28-20/h2-9,11,13,22H,10,12,14H2,1H3. The molecule has 0 saturated carbocycles. The molecule has 0 atom stereocenters. The summed E-state index contributed by atoms with van der Waals surface area (Å²) in [5, 5.41) is 2.05. The number of anilines is 1. The van der Waals surface area contributed by atoms with Crippen molar-refractivity contribution in [1.82, 2.24) is 4.90 Å². The van der Waals surface area contributed by atoms with Crippen molar-refractivity contribution >= 4 is 33.0 Å². The van der Waals surface area contributed by atoms with Gasteiger partial charge in [-0.25, -0.2) is 8.42 Å². The van der Waals surface area contributed by atoms with Crippen LogP contribution < -0.4 is 9.46 Å². The van der Waals surface area contributed by atoms with Crippen LogP contribution in [0.1, 0.15) is 20.8 Å². The third kappa shape index (κ3) is 3.99. The molecule has 0 spiro atoms. The molecule has 0 radical (unpaired) electrons. The summed E-state index contributed by atoms with van der Waals surface area (Å²) in [6, 6.07) is 14.9. The molecule has 1 aliphatic rings. The van der Waals surface area contributed by atoms with Crippen molar-refractivity contribution in [3.05, 3.63) is 76.0 Å². The van der Waals surface area contributed by atoms with E-state index < -0.39 is 10.0 Å². The SMILES string of the molecule is COc1ccccc1NS(=O)(=O)c1ccc(C(=O)N2CCc3sccc3C2)cc1. The number of hydrogen-bond donors (Lipinski definition) is 1. The number of ether oxygens (including phenoxy) is 1. The Kier molecular flexibility index (Phi) is 5.29. The molecule has 1 aliphatic heterocycles. The molecule has 8 heteroatoms. The third-order valence-electron chi connectivity index (χ3n) is 4.86.